The molecule has 3 aromatic rings. The molecule has 0 saturated heterocycles. The number of carbonyl (C=O) groups is 2. The molecule has 0 atom stereocenters. The Labute approximate surface area is 171 Å². The molecule has 1 N–H and O–H groups in total. The van der Waals surface area contributed by atoms with E-state index in [1.54, 1.807) is 6.92 Å². The van der Waals surface area contributed by atoms with Gasteiger partial charge in [-0.2, -0.15) is 5.10 Å². The molecule has 158 valence electrons. The number of esters is 1. The maximum Gasteiger partial charge on any atom is 0.332 e. The molecule has 10 nitrogen and oxygen atoms in total. The van der Waals surface area contributed by atoms with Gasteiger partial charge in [0.25, 0.3) is 5.56 Å². The Hall–Kier alpha value is -3.69. The van der Waals surface area contributed by atoms with E-state index in [0.29, 0.717) is 17.8 Å². The second-order valence-electron chi connectivity index (χ2n) is 6.70. The number of ether oxygens (including phenoxy) is 1. The standard InChI is InChI=1S/C20H23N5O5/c1-4-25-18-17(13(2)22-25)23(12-15(26)21-10-16(27)30-3)20(29)24(19(18)28)11-14-8-6-5-7-9-14/h5-9H,4,10-12H2,1-3H3,(H,21,26). The molecule has 10 heteroatoms. The van der Waals surface area contributed by atoms with Crippen LogP contribution < -0.4 is 16.6 Å². The SMILES string of the molecule is CCn1nc(C)c2c1c(=O)n(Cc1ccccc1)c(=O)n2CC(=O)NCC(=O)OC. The van der Waals surface area contributed by atoms with Crippen LogP contribution in [0.25, 0.3) is 11.0 Å². The summed E-state index contributed by atoms with van der Waals surface area (Å²) in [5, 5.41) is 6.76. The quantitative estimate of drug-likeness (QED) is 0.546. The number of aromatic nitrogens is 4. The predicted octanol–water partition coefficient (Wildman–Crippen LogP) is 0.0255. The van der Waals surface area contributed by atoms with E-state index in [9.17, 15) is 19.2 Å². The number of aryl methyl sites for hydroxylation is 2. The molecule has 0 spiro atoms. The molecule has 0 saturated carbocycles. The predicted molar refractivity (Wildman–Crippen MR) is 109 cm³/mol. The highest BCUT2D eigenvalue weighted by Crippen LogP contribution is 2.14. The van der Waals surface area contributed by atoms with Crippen LogP contribution >= 0.6 is 0 Å². The largest absolute Gasteiger partial charge is 0.468 e. The van der Waals surface area contributed by atoms with Gasteiger partial charge in [0.15, 0.2) is 5.52 Å². The molecule has 0 aliphatic heterocycles. The average molecular weight is 413 g/mol. The maximum absolute atomic E-state index is 13.2. The normalized spacial score (nSPS) is 10.9. The van der Waals surface area contributed by atoms with Gasteiger partial charge in [0.1, 0.15) is 18.6 Å². The number of rotatable bonds is 7. The van der Waals surface area contributed by atoms with E-state index in [4.69, 9.17) is 0 Å². The van der Waals surface area contributed by atoms with Crippen molar-refractivity contribution in [1.82, 2.24) is 24.2 Å². The molecule has 3 rings (SSSR count). The number of amides is 1. The number of hydrogen-bond donors (Lipinski definition) is 1. The van der Waals surface area contributed by atoms with Crippen molar-refractivity contribution in [2.45, 2.75) is 33.5 Å². The fourth-order valence-electron chi connectivity index (χ4n) is 3.29. The van der Waals surface area contributed by atoms with Gasteiger partial charge in [0, 0.05) is 6.54 Å². The van der Waals surface area contributed by atoms with Gasteiger partial charge < -0.3 is 10.1 Å². The second-order valence-corrected chi connectivity index (χ2v) is 6.70. The van der Waals surface area contributed by atoms with Gasteiger partial charge >= 0.3 is 11.7 Å². The molecule has 0 bridgehead atoms. The first-order valence-corrected chi connectivity index (χ1v) is 9.45. The van der Waals surface area contributed by atoms with Crippen LogP contribution in [0.3, 0.4) is 0 Å². The molecule has 1 amide bonds. The van der Waals surface area contributed by atoms with Crippen molar-refractivity contribution in [3.63, 3.8) is 0 Å². The molecule has 2 aromatic heterocycles. The van der Waals surface area contributed by atoms with Crippen LogP contribution in [0.1, 0.15) is 18.2 Å². The molecule has 1 aromatic carbocycles. The number of carbonyl (C=O) groups excluding carboxylic acids is 2. The summed E-state index contributed by atoms with van der Waals surface area (Å²) in [6.07, 6.45) is 0. The van der Waals surface area contributed by atoms with Crippen LogP contribution in [0.15, 0.2) is 39.9 Å². The highest BCUT2D eigenvalue weighted by Gasteiger charge is 2.21. The van der Waals surface area contributed by atoms with Crippen molar-refractivity contribution < 1.29 is 14.3 Å². The smallest absolute Gasteiger partial charge is 0.332 e. The zero-order valence-electron chi connectivity index (χ0n) is 17.0. The van der Waals surface area contributed by atoms with E-state index < -0.39 is 23.1 Å². The summed E-state index contributed by atoms with van der Waals surface area (Å²) >= 11 is 0. The summed E-state index contributed by atoms with van der Waals surface area (Å²) in [6.45, 7) is 3.33. The Morgan fingerprint density at radius 3 is 2.43 bits per heavy atom. The number of nitrogens with one attached hydrogen (secondary N) is 1. The fourth-order valence-corrected chi connectivity index (χ4v) is 3.29. The monoisotopic (exact) mass is 413 g/mol. The first-order chi connectivity index (χ1) is 14.4. The lowest BCUT2D eigenvalue weighted by Gasteiger charge is -2.13. The Morgan fingerprint density at radius 2 is 1.80 bits per heavy atom. The van der Waals surface area contributed by atoms with Crippen LogP contribution in [0.2, 0.25) is 0 Å². The Morgan fingerprint density at radius 1 is 1.10 bits per heavy atom. The lowest BCUT2D eigenvalue weighted by atomic mass is 10.2. The van der Waals surface area contributed by atoms with Gasteiger partial charge in [-0.15, -0.1) is 0 Å². The minimum atomic E-state index is -0.622. The molecule has 0 radical (unpaired) electrons. The zero-order valence-corrected chi connectivity index (χ0v) is 17.0. The van der Waals surface area contributed by atoms with E-state index in [1.807, 2.05) is 37.3 Å². The molecular formula is C20H23N5O5. The van der Waals surface area contributed by atoms with Crippen LogP contribution in [-0.2, 0) is 34.0 Å². The summed E-state index contributed by atoms with van der Waals surface area (Å²) in [6, 6.07) is 9.10. The minimum Gasteiger partial charge on any atom is -0.468 e. The molecule has 2 heterocycles. The van der Waals surface area contributed by atoms with Gasteiger partial charge in [-0.25, -0.2) is 4.79 Å². The number of benzene rings is 1. The first-order valence-electron chi connectivity index (χ1n) is 9.45. The van der Waals surface area contributed by atoms with Crippen molar-refractivity contribution >= 4 is 22.9 Å². The fraction of sp³-hybridized carbons (Fsp3) is 0.350. The zero-order chi connectivity index (χ0) is 21.8. The third-order valence-electron chi connectivity index (χ3n) is 4.72. The average Bonchev–Trinajstić information content (AvgIpc) is 3.09. The van der Waals surface area contributed by atoms with E-state index in [2.05, 4.69) is 15.2 Å². The molecule has 0 fully saturated rings. The van der Waals surface area contributed by atoms with Gasteiger partial charge in [0.05, 0.1) is 19.3 Å². The third-order valence-corrected chi connectivity index (χ3v) is 4.72. The number of hydrogen-bond acceptors (Lipinski definition) is 6. The van der Waals surface area contributed by atoms with E-state index in [-0.39, 0.29) is 25.2 Å². The highest BCUT2D eigenvalue weighted by molar-refractivity contribution is 5.84. The van der Waals surface area contributed by atoms with Gasteiger partial charge in [-0.05, 0) is 19.4 Å². The van der Waals surface area contributed by atoms with Crippen LogP contribution in [0, 0.1) is 6.92 Å². The Kier molecular flexibility index (Phi) is 6.14. The minimum absolute atomic E-state index is 0.0617. The van der Waals surface area contributed by atoms with Crippen molar-refractivity contribution in [3.8, 4) is 0 Å². The molecule has 0 unspecified atom stereocenters. The van der Waals surface area contributed by atoms with Crippen LogP contribution in [0.4, 0.5) is 0 Å². The molecular weight excluding hydrogens is 390 g/mol. The summed E-state index contributed by atoms with van der Waals surface area (Å²) in [7, 11) is 1.21. The summed E-state index contributed by atoms with van der Waals surface area (Å²) in [5.41, 5.74) is 0.720. The Bertz CT molecular complexity index is 1210. The lowest BCUT2D eigenvalue weighted by molar-refractivity contribution is -0.141. The van der Waals surface area contributed by atoms with Gasteiger partial charge in [0.2, 0.25) is 5.91 Å². The van der Waals surface area contributed by atoms with Crippen molar-refractivity contribution in [2.75, 3.05) is 13.7 Å². The number of nitrogens with zero attached hydrogens (tertiary/aromatic N) is 4. The second kappa shape index (κ2) is 8.76. The van der Waals surface area contributed by atoms with Gasteiger partial charge in [-0.1, -0.05) is 30.3 Å². The Balaban J connectivity index is 2.13. The van der Waals surface area contributed by atoms with Crippen molar-refractivity contribution in [3.05, 3.63) is 62.4 Å². The third kappa shape index (κ3) is 4.02. The summed E-state index contributed by atoms with van der Waals surface area (Å²) in [5.74, 6) is -1.16. The van der Waals surface area contributed by atoms with Crippen molar-refractivity contribution in [2.24, 2.45) is 0 Å². The molecule has 0 aliphatic rings. The lowest BCUT2D eigenvalue weighted by Crippen LogP contribution is -2.43. The van der Waals surface area contributed by atoms with Crippen LogP contribution in [0.5, 0.6) is 0 Å². The molecule has 0 aliphatic carbocycles. The summed E-state index contributed by atoms with van der Waals surface area (Å²) < 4.78 is 8.35. The van der Waals surface area contributed by atoms with E-state index in [0.717, 1.165) is 10.1 Å². The number of fused-ring (bicyclic) bond motifs is 1. The maximum atomic E-state index is 13.2. The first kappa shape index (κ1) is 21.0. The molecule has 30 heavy (non-hydrogen) atoms. The summed E-state index contributed by atoms with van der Waals surface area (Å²) in [4.78, 5) is 50.0. The van der Waals surface area contributed by atoms with Crippen molar-refractivity contribution in [1.29, 1.82) is 0 Å². The van der Waals surface area contributed by atoms with E-state index in [1.165, 1.54) is 16.4 Å². The van der Waals surface area contributed by atoms with Gasteiger partial charge in [-0.3, -0.25) is 28.2 Å². The van der Waals surface area contributed by atoms with E-state index >= 15 is 0 Å². The van der Waals surface area contributed by atoms with Crippen LogP contribution in [-0.4, -0.2) is 44.4 Å². The topological polar surface area (TPSA) is 117 Å². The number of methoxy groups -OCH3 is 1. The highest BCUT2D eigenvalue weighted by atomic mass is 16.5.